The zero-order valence-corrected chi connectivity index (χ0v) is 11.4. The fourth-order valence-corrected chi connectivity index (χ4v) is 1.99. The van der Waals surface area contributed by atoms with Crippen LogP contribution in [0.2, 0.25) is 0 Å². The van der Waals surface area contributed by atoms with Gasteiger partial charge in [0.05, 0.1) is 12.2 Å². The van der Waals surface area contributed by atoms with E-state index in [1.807, 2.05) is 13.8 Å². The largest absolute Gasteiger partial charge is 0.416 e. The highest BCUT2D eigenvalue weighted by Crippen LogP contribution is 2.34. The van der Waals surface area contributed by atoms with E-state index >= 15 is 0 Å². The minimum Gasteiger partial charge on any atom is -0.380 e. The molecule has 1 aromatic carbocycles. The molecule has 2 atom stereocenters. The van der Waals surface area contributed by atoms with Crippen molar-refractivity contribution in [3.63, 3.8) is 0 Å². The molecule has 0 bridgehead atoms. The predicted molar refractivity (Wildman–Crippen MR) is 68.9 cm³/mol. The van der Waals surface area contributed by atoms with Crippen molar-refractivity contribution in [2.45, 2.75) is 39.0 Å². The van der Waals surface area contributed by atoms with Crippen molar-refractivity contribution in [3.05, 3.63) is 35.4 Å². The van der Waals surface area contributed by atoms with Gasteiger partial charge >= 0.3 is 6.18 Å². The Bertz CT molecular complexity index is 393. The Kier molecular flexibility index (Phi) is 5.82. The van der Waals surface area contributed by atoms with Gasteiger partial charge in [-0.25, -0.2) is 0 Å². The van der Waals surface area contributed by atoms with Crippen LogP contribution in [0.1, 0.15) is 37.9 Å². The van der Waals surface area contributed by atoms with Crippen LogP contribution in [0.3, 0.4) is 0 Å². The molecule has 0 fully saturated rings. The van der Waals surface area contributed by atoms with Crippen LogP contribution in [0.5, 0.6) is 0 Å². The van der Waals surface area contributed by atoms with Crippen LogP contribution in [-0.4, -0.2) is 19.3 Å². The summed E-state index contributed by atoms with van der Waals surface area (Å²) in [7, 11) is 0. The molecule has 5 heteroatoms. The molecule has 0 saturated carbocycles. The summed E-state index contributed by atoms with van der Waals surface area (Å²) in [5, 5.41) is 3.12. The lowest BCUT2D eigenvalue weighted by Gasteiger charge is -2.23. The summed E-state index contributed by atoms with van der Waals surface area (Å²) in [5.74, 6) is 0. The van der Waals surface area contributed by atoms with Gasteiger partial charge < -0.3 is 10.1 Å². The Balaban J connectivity index is 2.79. The van der Waals surface area contributed by atoms with Crippen molar-refractivity contribution in [1.82, 2.24) is 5.32 Å². The first-order valence-electron chi connectivity index (χ1n) is 6.36. The average molecular weight is 275 g/mol. The lowest BCUT2D eigenvalue weighted by Crippen LogP contribution is -2.33. The van der Waals surface area contributed by atoms with Gasteiger partial charge in [-0.1, -0.05) is 18.2 Å². The topological polar surface area (TPSA) is 21.3 Å². The lowest BCUT2D eigenvalue weighted by molar-refractivity contribution is -0.138. The highest BCUT2D eigenvalue weighted by Gasteiger charge is 2.34. The highest BCUT2D eigenvalue weighted by atomic mass is 19.4. The second-order valence-corrected chi connectivity index (χ2v) is 4.53. The van der Waals surface area contributed by atoms with Crippen molar-refractivity contribution in [1.29, 1.82) is 0 Å². The molecule has 0 radical (unpaired) electrons. The van der Waals surface area contributed by atoms with Crippen molar-refractivity contribution >= 4 is 0 Å². The predicted octanol–water partition coefficient (Wildman–Crippen LogP) is 3.78. The smallest absolute Gasteiger partial charge is 0.380 e. The monoisotopic (exact) mass is 275 g/mol. The number of rotatable bonds is 6. The zero-order valence-electron chi connectivity index (χ0n) is 11.4. The minimum absolute atomic E-state index is 0.00348. The second-order valence-electron chi connectivity index (χ2n) is 4.53. The molecular weight excluding hydrogens is 255 g/mol. The van der Waals surface area contributed by atoms with E-state index in [0.29, 0.717) is 13.2 Å². The fourth-order valence-electron chi connectivity index (χ4n) is 1.99. The van der Waals surface area contributed by atoms with Gasteiger partial charge in [-0.15, -0.1) is 0 Å². The van der Waals surface area contributed by atoms with Crippen LogP contribution < -0.4 is 5.32 Å². The third kappa shape index (κ3) is 4.84. The van der Waals surface area contributed by atoms with Crippen LogP contribution in [0.25, 0.3) is 0 Å². The van der Waals surface area contributed by atoms with Gasteiger partial charge in [0, 0.05) is 18.7 Å². The summed E-state index contributed by atoms with van der Waals surface area (Å²) < 4.78 is 43.9. The third-order valence-corrected chi connectivity index (χ3v) is 2.84. The van der Waals surface area contributed by atoms with E-state index in [4.69, 9.17) is 4.74 Å². The maximum Gasteiger partial charge on any atom is 0.416 e. The number of alkyl halides is 3. The first-order valence-corrected chi connectivity index (χ1v) is 6.36. The molecule has 0 spiro atoms. The van der Waals surface area contributed by atoms with Crippen LogP contribution in [0, 0.1) is 0 Å². The SMILES string of the molecule is CCOCC(C)NC(C)c1ccccc1C(F)(F)F. The number of hydrogen-bond donors (Lipinski definition) is 1. The molecular formula is C14H20F3NO. The van der Waals surface area contributed by atoms with Crippen LogP contribution in [0.4, 0.5) is 13.2 Å². The summed E-state index contributed by atoms with van der Waals surface area (Å²) in [6.45, 7) is 6.58. The van der Waals surface area contributed by atoms with E-state index in [1.54, 1.807) is 13.0 Å². The van der Waals surface area contributed by atoms with E-state index in [9.17, 15) is 13.2 Å². The number of nitrogens with one attached hydrogen (secondary N) is 1. The molecule has 1 N–H and O–H groups in total. The van der Waals surface area contributed by atoms with Crippen LogP contribution >= 0.6 is 0 Å². The lowest BCUT2D eigenvalue weighted by atomic mass is 10.0. The molecule has 0 aliphatic rings. The molecule has 0 heterocycles. The number of ether oxygens (including phenoxy) is 1. The first kappa shape index (κ1) is 16.0. The molecule has 2 unspecified atom stereocenters. The van der Waals surface area contributed by atoms with Crippen molar-refractivity contribution < 1.29 is 17.9 Å². The van der Waals surface area contributed by atoms with Crippen LogP contribution in [0.15, 0.2) is 24.3 Å². The Morgan fingerprint density at radius 3 is 2.42 bits per heavy atom. The Morgan fingerprint density at radius 2 is 1.84 bits per heavy atom. The standard InChI is InChI=1S/C14H20F3NO/c1-4-19-9-10(2)18-11(3)12-7-5-6-8-13(12)14(15,16)17/h5-8,10-11,18H,4,9H2,1-3H3. The third-order valence-electron chi connectivity index (χ3n) is 2.84. The van der Waals surface area contributed by atoms with Gasteiger partial charge in [-0.2, -0.15) is 13.2 Å². The van der Waals surface area contributed by atoms with E-state index < -0.39 is 11.7 Å². The first-order chi connectivity index (χ1) is 8.86. The summed E-state index contributed by atoms with van der Waals surface area (Å²) in [6, 6.07) is 5.26. The van der Waals surface area contributed by atoms with E-state index in [0.717, 1.165) is 6.07 Å². The molecule has 1 rings (SSSR count). The molecule has 108 valence electrons. The maximum absolute atomic E-state index is 12.9. The van der Waals surface area contributed by atoms with Gasteiger partial charge in [0.15, 0.2) is 0 Å². The van der Waals surface area contributed by atoms with Crippen LogP contribution in [-0.2, 0) is 10.9 Å². The Morgan fingerprint density at radius 1 is 1.21 bits per heavy atom. The zero-order chi connectivity index (χ0) is 14.5. The molecule has 0 amide bonds. The van der Waals surface area contributed by atoms with E-state index in [1.165, 1.54) is 12.1 Å². The normalized spacial score (nSPS) is 15.3. The number of benzene rings is 1. The van der Waals surface area contributed by atoms with Gasteiger partial charge in [0.1, 0.15) is 0 Å². The van der Waals surface area contributed by atoms with Gasteiger partial charge in [0.25, 0.3) is 0 Å². The maximum atomic E-state index is 12.9. The molecule has 0 aliphatic heterocycles. The summed E-state index contributed by atoms with van der Waals surface area (Å²) in [4.78, 5) is 0. The summed E-state index contributed by atoms with van der Waals surface area (Å²) in [5.41, 5.74) is -0.322. The molecule has 0 aromatic heterocycles. The average Bonchev–Trinajstić information content (AvgIpc) is 2.35. The van der Waals surface area contributed by atoms with Gasteiger partial charge in [-0.3, -0.25) is 0 Å². The van der Waals surface area contributed by atoms with Gasteiger partial charge in [-0.05, 0) is 32.4 Å². The fraction of sp³-hybridized carbons (Fsp3) is 0.571. The second kappa shape index (κ2) is 6.91. The Hall–Kier alpha value is -1.07. The van der Waals surface area contributed by atoms with Gasteiger partial charge in [0.2, 0.25) is 0 Å². The number of hydrogen-bond acceptors (Lipinski definition) is 2. The molecule has 0 aliphatic carbocycles. The summed E-state index contributed by atoms with van der Waals surface area (Å²) in [6.07, 6.45) is -4.32. The van der Waals surface area contributed by atoms with E-state index in [2.05, 4.69) is 5.32 Å². The Labute approximate surface area is 112 Å². The highest BCUT2D eigenvalue weighted by molar-refractivity contribution is 5.32. The minimum atomic E-state index is -4.32. The molecule has 19 heavy (non-hydrogen) atoms. The van der Waals surface area contributed by atoms with Crippen molar-refractivity contribution in [3.8, 4) is 0 Å². The quantitative estimate of drug-likeness (QED) is 0.853. The van der Waals surface area contributed by atoms with Crippen molar-refractivity contribution in [2.24, 2.45) is 0 Å². The molecule has 0 saturated heterocycles. The van der Waals surface area contributed by atoms with E-state index in [-0.39, 0.29) is 17.6 Å². The molecule has 1 aromatic rings. The molecule has 2 nitrogen and oxygen atoms in total. The summed E-state index contributed by atoms with van der Waals surface area (Å²) >= 11 is 0. The number of halogens is 3. The van der Waals surface area contributed by atoms with Crippen molar-refractivity contribution in [2.75, 3.05) is 13.2 Å².